The molecule has 0 spiro atoms. The topological polar surface area (TPSA) is 40.5 Å². The smallest absolute Gasteiger partial charge is 0.0743 e. The standard InChI is InChI=1S/C15H21ClO2/c1-10(2)14-13-4-3-12(16)9-11(13)5-6-15(14,18)7-8-17/h3-4,9-10,14,17-18H,5-8H2,1-2H3/t14-,15-/m0/s1. The summed E-state index contributed by atoms with van der Waals surface area (Å²) in [6, 6.07) is 5.93. The van der Waals surface area contributed by atoms with Crippen LogP contribution in [0.25, 0.3) is 0 Å². The van der Waals surface area contributed by atoms with Crippen LogP contribution in [0, 0.1) is 5.92 Å². The first-order valence-corrected chi connectivity index (χ1v) is 6.97. The van der Waals surface area contributed by atoms with Crippen molar-refractivity contribution >= 4 is 11.6 Å². The second kappa shape index (κ2) is 5.20. The zero-order valence-electron chi connectivity index (χ0n) is 11.0. The number of fused-ring (bicyclic) bond motifs is 1. The predicted octanol–water partition coefficient (Wildman–Crippen LogP) is 3.14. The van der Waals surface area contributed by atoms with E-state index in [1.165, 1.54) is 11.1 Å². The van der Waals surface area contributed by atoms with Gasteiger partial charge in [-0.2, -0.15) is 0 Å². The summed E-state index contributed by atoms with van der Waals surface area (Å²) in [4.78, 5) is 0. The Morgan fingerprint density at radius 1 is 1.44 bits per heavy atom. The van der Waals surface area contributed by atoms with Crippen molar-refractivity contribution in [2.45, 2.75) is 44.6 Å². The van der Waals surface area contributed by atoms with Gasteiger partial charge in [-0.25, -0.2) is 0 Å². The maximum absolute atomic E-state index is 10.8. The molecule has 0 heterocycles. The molecule has 0 saturated carbocycles. The Labute approximate surface area is 114 Å². The van der Waals surface area contributed by atoms with Crippen molar-refractivity contribution in [1.29, 1.82) is 0 Å². The lowest BCUT2D eigenvalue weighted by Crippen LogP contribution is -2.43. The summed E-state index contributed by atoms with van der Waals surface area (Å²) in [5.74, 6) is 0.410. The number of benzene rings is 1. The highest BCUT2D eigenvalue weighted by molar-refractivity contribution is 6.30. The summed E-state index contributed by atoms with van der Waals surface area (Å²) in [5, 5.41) is 20.8. The Morgan fingerprint density at radius 3 is 2.78 bits per heavy atom. The quantitative estimate of drug-likeness (QED) is 0.884. The highest BCUT2D eigenvalue weighted by Crippen LogP contribution is 2.45. The van der Waals surface area contributed by atoms with Crippen LogP contribution in [-0.2, 0) is 6.42 Å². The Balaban J connectivity index is 2.45. The van der Waals surface area contributed by atoms with E-state index in [9.17, 15) is 10.2 Å². The van der Waals surface area contributed by atoms with Crippen molar-refractivity contribution in [3.05, 3.63) is 34.3 Å². The van der Waals surface area contributed by atoms with E-state index in [1.54, 1.807) is 0 Å². The molecule has 0 saturated heterocycles. The van der Waals surface area contributed by atoms with Crippen LogP contribution >= 0.6 is 11.6 Å². The average molecular weight is 269 g/mol. The Morgan fingerprint density at radius 2 is 2.17 bits per heavy atom. The first kappa shape index (κ1) is 13.9. The van der Waals surface area contributed by atoms with Crippen LogP contribution in [-0.4, -0.2) is 22.4 Å². The molecule has 1 aliphatic rings. The number of aryl methyl sites for hydroxylation is 1. The van der Waals surface area contributed by atoms with Gasteiger partial charge in [-0.15, -0.1) is 0 Å². The minimum absolute atomic E-state index is 0.0304. The molecular weight excluding hydrogens is 248 g/mol. The van der Waals surface area contributed by atoms with Gasteiger partial charge in [-0.1, -0.05) is 31.5 Å². The van der Waals surface area contributed by atoms with E-state index in [0.717, 1.165) is 11.4 Å². The molecule has 0 radical (unpaired) electrons. The molecular formula is C15H21ClO2. The van der Waals surface area contributed by atoms with Gasteiger partial charge in [0.05, 0.1) is 5.60 Å². The fourth-order valence-electron chi connectivity index (χ4n) is 3.34. The minimum Gasteiger partial charge on any atom is -0.396 e. The Bertz CT molecular complexity index is 431. The summed E-state index contributed by atoms with van der Waals surface area (Å²) in [6.07, 6.45) is 1.97. The Kier molecular flexibility index (Phi) is 4.00. The van der Waals surface area contributed by atoms with Gasteiger partial charge < -0.3 is 10.2 Å². The molecule has 100 valence electrons. The number of aliphatic hydroxyl groups is 2. The third-order valence-corrected chi connectivity index (χ3v) is 4.29. The van der Waals surface area contributed by atoms with E-state index in [-0.39, 0.29) is 12.5 Å². The van der Waals surface area contributed by atoms with Crippen LogP contribution in [0.4, 0.5) is 0 Å². The molecule has 1 aromatic carbocycles. The third-order valence-electron chi connectivity index (χ3n) is 4.06. The van der Waals surface area contributed by atoms with Crippen molar-refractivity contribution in [3.63, 3.8) is 0 Å². The molecule has 2 N–H and O–H groups in total. The predicted molar refractivity (Wildman–Crippen MR) is 74.0 cm³/mol. The van der Waals surface area contributed by atoms with Crippen LogP contribution in [0.5, 0.6) is 0 Å². The van der Waals surface area contributed by atoms with E-state index < -0.39 is 5.60 Å². The summed E-state index contributed by atoms with van der Waals surface area (Å²) in [7, 11) is 0. The SMILES string of the molecule is CC(C)[C@H]1c2ccc(Cl)cc2CC[C@]1(O)CCO. The fourth-order valence-corrected chi connectivity index (χ4v) is 3.54. The van der Waals surface area contributed by atoms with Gasteiger partial charge in [0.25, 0.3) is 0 Å². The van der Waals surface area contributed by atoms with Gasteiger partial charge in [0.2, 0.25) is 0 Å². The maximum atomic E-state index is 10.8. The Hall–Kier alpha value is -0.570. The molecule has 1 aromatic rings. The molecule has 0 aromatic heterocycles. The van der Waals surface area contributed by atoms with Crippen molar-refractivity contribution in [1.82, 2.24) is 0 Å². The van der Waals surface area contributed by atoms with E-state index in [4.69, 9.17) is 11.6 Å². The van der Waals surface area contributed by atoms with Crippen LogP contribution in [0.2, 0.25) is 5.02 Å². The summed E-state index contributed by atoms with van der Waals surface area (Å²) in [6.45, 7) is 4.27. The molecule has 0 bridgehead atoms. The molecule has 1 aliphatic carbocycles. The van der Waals surface area contributed by atoms with E-state index >= 15 is 0 Å². The molecule has 0 fully saturated rings. The van der Waals surface area contributed by atoms with Gasteiger partial charge in [0.15, 0.2) is 0 Å². The first-order valence-electron chi connectivity index (χ1n) is 6.59. The minimum atomic E-state index is -0.788. The summed E-state index contributed by atoms with van der Waals surface area (Å²) < 4.78 is 0. The first-order chi connectivity index (χ1) is 8.48. The van der Waals surface area contributed by atoms with Crippen molar-refractivity contribution in [2.24, 2.45) is 5.92 Å². The molecule has 2 atom stereocenters. The highest BCUT2D eigenvalue weighted by Gasteiger charge is 2.42. The summed E-state index contributed by atoms with van der Waals surface area (Å²) in [5.41, 5.74) is 1.64. The van der Waals surface area contributed by atoms with Crippen LogP contribution in [0.3, 0.4) is 0 Å². The highest BCUT2D eigenvalue weighted by atomic mass is 35.5. The molecule has 0 unspecified atom stereocenters. The van der Waals surface area contributed by atoms with Gasteiger partial charge in [-0.3, -0.25) is 0 Å². The van der Waals surface area contributed by atoms with E-state index in [0.29, 0.717) is 18.8 Å². The van der Waals surface area contributed by atoms with Crippen molar-refractivity contribution in [3.8, 4) is 0 Å². The van der Waals surface area contributed by atoms with Gasteiger partial charge in [0.1, 0.15) is 0 Å². The normalized spacial score (nSPS) is 27.3. The zero-order chi connectivity index (χ0) is 13.3. The number of hydrogen-bond donors (Lipinski definition) is 2. The second-order valence-electron chi connectivity index (χ2n) is 5.64. The number of rotatable bonds is 3. The van der Waals surface area contributed by atoms with Crippen LogP contribution in [0.1, 0.15) is 43.7 Å². The molecule has 0 aliphatic heterocycles. The largest absolute Gasteiger partial charge is 0.396 e. The van der Waals surface area contributed by atoms with Gasteiger partial charge in [-0.05, 0) is 48.4 Å². The molecule has 3 heteroatoms. The second-order valence-corrected chi connectivity index (χ2v) is 6.08. The lowest BCUT2D eigenvalue weighted by atomic mass is 9.66. The lowest BCUT2D eigenvalue weighted by Gasteiger charge is -2.43. The zero-order valence-corrected chi connectivity index (χ0v) is 11.7. The van der Waals surface area contributed by atoms with Crippen LogP contribution in [0.15, 0.2) is 18.2 Å². The fraction of sp³-hybridized carbons (Fsp3) is 0.600. The monoisotopic (exact) mass is 268 g/mol. The maximum Gasteiger partial charge on any atom is 0.0743 e. The van der Waals surface area contributed by atoms with Crippen LogP contribution < -0.4 is 0 Å². The molecule has 2 nitrogen and oxygen atoms in total. The number of hydrogen-bond acceptors (Lipinski definition) is 2. The van der Waals surface area contributed by atoms with Gasteiger partial charge >= 0.3 is 0 Å². The van der Waals surface area contributed by atoms with E-state index in [1.807, 2.05) is 18.2 Å². The molecule has 2 rings (SSSR count). The summed E-state index contributed by atoms with van der Waals surface area (Å²) >= 11 is 6.03. The lowest BCUT2D eigenvalue weighted by molar-refractivity contribution is -0.0354. The van der Waals surface area contributed by atoms with Crippen molar-refractivity contribution < 1.29 is 10.2 Å². The molecule has 18 heavy (non-hydrogen) atoms. The van der Waals surface area contributed by atoms with E-state index in [2.05, 4.69) is 13.8 Å². The van der Waals surface area contributed by atoms with Crippen molar-refractivity contribution in [2.75, 3.05) is 6.61 Å². The third kappa shape index (κ3) is 2.42. The van der Waals surface area contributed by atoms with Gasteiger partial charge in [0, 0.05) is 17.5 Å². The number of halogens is 1. The number of aliphatic hydroxyl groups excluding tert-OH is 1. The molecule has 0 amide bonds. The average Bonchev–Trinajstić information content (AvgIpc) is 2.29.